The second kappa shape index (κ2) is 6.21. The van der Waals surface area contributed by atoms with Gasteiger partial charge in [0.15, 0.2) is 0 Å². The van der Waals surface area contributed by atoms with Gasteiger partial charge in [0.25, 0.3) is 5.91 Å². The molecule has 102 valence electrons. The molecule has 1 amide bonds. The van der Waals surface area contributed by atoms with Gasteiger partial charge in [0.2, 0.25) is 0 Å². The van der Waals surface area contributed by atoms with Gasteiger partial charge in [-0.15, -0.1) is 0 Å². The first-order valence-corrected chi connectivity index (χ1v) is 6.32. The van der Waals surface area contributed by atoms with Crippen molar-refractivity contribution in [2.24, 2.45) is 5.10 Å². The van der Waals surface area contributed by atoms with E-state index in [2.05, 4.69) is 10.5 Å². The zero-order valence-corrected chi connectivity index (χ0v) is 11.6. The van der Waals surface area contributed by atoms with E-state index in [1.807, 2.05) is 6.92 Å². The lowest BCUT2D eigenvalue weighted by Gasteiger charge is -2.01. The summed E-state index contributed by atoms with van der Waals surface area (Å²) in [7, 11) is 0. The third kappa shape index (κ3) is 3.59. The van der Waals surface area contributed by atoms with Gasteiger partial charge in [0.1, 0.15) is 5.75 Å². The van der Waals surface area contributed by atoms with Crippen LogP contribution in [0, 0.1) is 6.92 Å². The third-order valence-electron chi connectivity index (χ3n) is 2.66. The van der Waals surface area contributed by atoms with Crippen LogP contribution in [-0.2, 0) is 0 Å². The molecule has 2 aromatic rings. The van der Waals surface area contributed by atoms with Crippen molar-refractivity contribution in [3.63, 3.8) is 0 Å². The fourth-order valence-corrected chi connectivity index (χ4v) is 1.73. The Bertz CT molecular complexity index is 651. The Morgan fingerprint density at radius 1 is 1.25 bits per heavy atom. The van der Waals surface area contributed by atoms with Gasteiger partial charge in [-0.1, -0.05) is 23.2 Å². The normalized spacial score (nSPS) is 10.7. The summed E-state index contributed by atoms with van der Waals surface area (Å²) >= 11 is 5.74. The average Bonchev–Trinajstić information content (AvgIpc) is 2.43. The maximum Gasteiger partial charge on any atom is 0.271 e. The molecule has 0 saturated heterocycles. The molecule has 0 fully saturated rings. The zero-order valence-electron chi connectivity index (χ0n) is 10.8. The molecule has 20 heavy (non-hydrogen) atoms. The second-order valence-corrected chi connectivity index (χ2v) is 4.70. The van der Waals surface area contributed by atoms with Gasteiger partial charge in [-0.25, -0.2) is 5.43 Å². The van der Waals surface area contributed by atoms with Crippen molar-refractivity contribution in [2.45, 2.75) is 6.92 Å². The molecule has 5 heteroatoms. The number of hydrogen-bond donors (Lipinski definition) is 2. The smallest absolute Gasteiger partial charge is 0.271 e. The minimum Gasteiger partial charge on any atom is -0.507 e. The molecule has 2 N–H and O–H groups in total. The van der Waals surface area contributed by atoms with Gasteiger partial charge in [-0.3, -0.25) is 4.79 Å². The van der Waals surface area contributed by atoms with Gasteiger partial charge in [-0.2, -0.15) is 5.10 Å². The lowest BCUT2D eigenvalue weighted by molar-refractivity contribution is 0.0955. The zero-order chi connectivity index (χ0) is 14.5. The number of phenolic OH excluding ortho intramolecular Hbond substituents is 1. The van der Waals surface area contributed by atoms with Crippen LogP contribution in [0.15, 0.2) is 47.6 Å². The average molecular weight is 289 g/mol. The molecule has 0 spiro atoms. The molecule has 4 nitrogen and oxygen atoms in total. The van der Waals surface area contributed by atoms with E-state index in [1.165, 1.54) is 6.21 Å². The minimum atomic E-state index is -0.343. The van der Waals surface area contributed by atoms with Crippen LogP contribution in [0.2, 0.25) is 5.02 Å². The maximum atomic E-state index is 11.8. The highest BCUT2D eigenvalue weighted by atomic mass is 35.5. The molecule has 0 atom stereocenters. The van der Waals surface area contributed by atoms with Crippen LogP contribution in [0.3, 0.4) is 0 Å². The predicted molar refractivity (Wildman–Crippen MR) is 79.4 cm³/mol. The van der Waals surface area contributed by atoms with E-state index in [9.17, 15) is 9.90 Å². The van der Waals surface area contributed by atoms with Crippen LogP contribution in [0.1, 0.15) is 21.5 Å². The number of halogens is 1. The van der Waals surface area contributed by atoms with E-state index in [1.54, 1.807) is 42.5 Å². The summed E-state index contributed by atoms with van der Waals surface area (Å²) in [6.07, 6.45) is 1.40. The molecule has 0 aliphatic heterocycles. The number of aromatic hydroxyl groups is 1. The number of carbonyl (C=O) groups excluding carboxylic acids is 1. The van der Waals surface area contributed by atoms with E-state index in [-0.39, 0.29) is 11.7 Å². The summed E-state index contributed by atoms with van der Waals surface area (Å²) in [6.45, 7) is 1.91. The van der Waals surface area contributed by atoms with Crippen LogP contribution < -0.4 is 5.43 Å². The van der Waals surface area contributed by atoms with E-state index < -0.39 is 0 Å². The maximum absolute atomic E-state index is 11.8. The van der Waals surface area contributed by atoms with Crippen LogP contribution in [0.25, 0.3) is 0 Å². The number of hydrazone groups is 1. The van der Waals surface area contributed by atoms with Crippen molar-refractivity contribution in [3.8, 4) is 5.75 Å². The predicted octanol–water partition coefficient (Wildman–Crippen LogP) is 3.12. The van der Waals surface area contributed by atoms with Gasteiger partial charge >= 0.3 is 0 Å². The molecular formula is C15H13ClN2O2. The minimum absolute atomic E-state index is 0.111. The van der Waals surface area contributed by atoms with Gasteiger partial charge in [-0.05, 0) is 43.3 Å². The number of benzene rings is 2. The molecule has 0 aliphatic rings. The SMILES string of the molecule is Cc1ccc(O)c(/C=N/NC(=O)c2ccc(Cl)cc2)c1. The van der Waals surface area contributed by atoms with Crippen LogP contribution in [0.5, 0.6) is 5.75 Å². The Morgan fingerprint density at radius 2 is 1.95 bits per heavy atom. The molecule has 0 bridgehead atoms. The van der Waals surface area contributed by atoms with Crippen molar-refractivity contribution in [3.05, 3.63) is 64.2 Å². The molecule has 0 aliphatic carbocycles. The molecule has 0 heterocycles. The molecular weight excluding hydrogens is 276 g/mol. The molecule has 0 radical (unpaired) electrons. The Labute approximate surface area is 121 Å². The quantitative estimate of drug-likeness (QED) is 0.673. The highest BCUT2D eigenvalue weighted by molar-refractivity contribution is 6.30. The van der Waals surface area contributed by atoms with E-state index in [0.717, 1.165) is 5.56 Å². The lowest BCUT2D eigenvalue weighted by Crippen LogP contribution is -2.17. The number of nitrogens with zero attached hydrogens (tertiary/aromatic N) is 1. The van der Waals surface area contributed by atoms with E-state index in [4.69, 9.17) is 11.6 Å². The first-order chi connectivity index (χ1) is 9.56. The summed E-state index contributed by atoms with van der Waals surface area (Å²) in [5.41, 5.74) is 4.38. The Balaban J connectivity index is 2.04. The lowest BCUT2D eigenvalue weighted by atomic mass is 10.1. The molecule has 0 aromatic heterocycles. The van der Waals surface area contributed by atoms with Crippen molar-refractivity contribution in [2.75, 3.05) is 0 Å². The highest BCUT2D eigenvalue weighted by Crippen LogP contribution is 2.15. The summed E-state index contributed by atoms with van der Waals surface area (Å²) < 4.78 is 0. The fraction of sp³-hybridized carbons (Fsp3) is 0.0667. The van der Waals surface area contributed by atoms with Crippen molar-refractivity contribution in [1.29, 1.82) is 0 Å². The van der Waals surface area contributed by atoms with E-state index in [0.29, 0.717) is 16.1 Å². The second-order valence-electron chi connectivity index (χ2n) is 4.27. The first kappa shape index (κ1) is 14.1. The fourth-order valence-electron chi connectivity index (χ4n) is 1.60. The molecule has 0 saturated carbocycles. The number of rotatable bonds is 3. The standard InChI is InChI=1S/C15H13ClN2O2/c1-10-2-7-14(19)12(8-10)9-17-18-15(20)11-3-5-13(16)6-4-11/h2-9,19H,1H3,(H,18,20)/b17-9+. The summed E-state index contributed by atoms with van der Waals surface area (Å²) in [4.78, 5) is 11.8. The summed E-state index contributed by atoms with van der Waals surface area (Å²) in [5.74, 6) is -0.231. The summed E-state index contributed by atoms with van der Waals surface area (Å²) in [6, 6.07) is 11.6. The first-order valence-electron chi connectivity index (χ1n) is 5.95. The Morgan fingerprint density at radius 3 is 2.65 bits per heavy atom. The van der Waals surface area contributed by atoms with Crippen molar-refractivity contribution >= 4 is 23.7 Å². The van der Waals surface area contributed by atoms with Gasteiger partial charge in [0, 0.05) is 16.1 Å². The van der Waals surface area contributed by atoms with Crippen molar-refractivity contribution < 1.29 is 9.90 Å². The summed E-state index contributed by atoms with van der Waals surface area (Å²) in [5, 5.41) is 14.0. The van der Waals surface area contributed by atoms with Crippen molar-refractivity contribution in [1.82, 2.24) is 5.43 Å². The topological polar surface area (TPSA) is 61.7 Å². The number of hydrogen-bond acceptors (Lipinski definition) is 3. The van der Waals surface area contributed by atoms with Crippen LogP contribution >= 0.6 is 11.6 Å². The molecule has 0 unspecified atom stereocenters. The largest absolute Gasteiger partial charge is 0.507 e. The molecule has 2 aromatic carbocycles. The number of phenols is 1. The third-order valence-corrected chi connectivity index (χ3v) is 2.91. The van der Waals surface area contributed by atoms with Gasteiger partial charge < -0.3 is 5.11 Å². The van der Waals surface area contributed by atoms with Crippen LogP contribution in [0.4, 0.5) is 0 Å². The van der Waals surface area contributed by atoms with Crippen LogP contribution in [-0.4, -0.2) is 17.2 Å². The Hall–Kier alpha value is -2.33. The Kier molecular flexibility index (Phi) is 4.38. The number of nitrogens with one attached hydrogen (secondary N) is 1. The highest BCUT2D eigenvalue weighted by Gasteiger charge is 2.03. The van der Waals surface area contributed by atoms with E-state index >= 15 is 0 Å². The molecule has 2 rings (SSSR count). The monoisotopic (exact) mass is 288 g/mol. The number of aryl methyl sites for hydroxylation is 1. The number of carbonyl (C=O) groups is 1. The number of amides is 1. The van der Waals surface area contributed by atoms with Gasteiger partial charge in [0.05, 0.1) is 6.21 Å².